The zero-order valence-corrected chi connectivity index (χ0v) is 13.7. The van der Waals surface area contributed by atoms with Crippen LogP contribution in [0.1, 0.15) is 36.5 Å². The van der Waals surface area contributed by atoms with Crippen LogP contribution in [0.4, 0.5) is 5.69 Å². The van der Waals surface area contributed by atoms with Gasteiger partial charge >= 0.3 is 0 Å². The lowest BCUT2D eigenvalue weighted by Crippen LogP contribution is -2.21. The van der Waals surface area contributed by atoms with Crippen molar-refractivity contribution in [2.24, 2.45) is 0 Å². The first-order chi connectivity index (χ1) is 9.95. The molecule has 0 saturated carbocycles. The highest BCUT2D eigenvalue weighted by atomic mass is 16.3. The fourth-order valence-electron chi connectivity index (χ4n) is 2.28. The molecule has 0 radical (unpaired) electrons. The lowest BCUT2D eigenvalue weighted by atomic mass is 10.2. The third-order valence-corrected chi connectivity index (χ3v) is 3.64. The minimum absolute atomic E-state index is 0.467. The SMILES string of the molecule is Cc1ccc(N(C)Cc2cc(CNC(C)C)oc2C)cc1. The van der Waals surface area contributed by atoms with Gasteiger partial charge in [-0.1, -0.05) is 31.5 Å². The highest BCUT2D eigenvalue weighted by Crippen LogP contribution is 2.20. The maximum absolute atomic E-state index is 5.83. The molecule has 2 aromatic rings. The maximum atomic E-state index is 5.83. The van der Waals surface area contributed by atoms with Crippen LogP contribution in [0.2, 0.25) is 0 Å². The molecule has 0 spiro atoms. The van der Waals surface area contributed by atoms with Crippen molar-refractivity contribution in [3.63, 3.8) is 0 Å². The lowest BCUT2D eigenvalue weighted by Gasteiger charge is -2.19. The Bertz CT molecular complexity index is 569. The highest BCUT2D eigenvalue weighted by molar-refractivity contribution is 5.47. The van der Waals surface area contributed by atoms with Gasteiger partial charge in [-0.15, -0.1) is 0 Å². The van der Waals surface area contributed by atoms with E-state index in [1.165, 1.54) is 16.8 Å². The van der Waals surface area contributed by atoms with Gasteiger partial charge in [0, 0.05) is 30.9 Å². The Morgan fingerprint density at radius 2 is 1.81 bits per heavy atom. The summed E-state index contributed by atoms with van der Waals surface area (Å²) < 4.78 is 5.83. The van der Waals surface area contributed by atoms with Crippen LogP contribution in [0.3, 0.4) is 0 Å². The number of nitrogens with one attached hydrogen (secondary N) is 1. The predicted octanol–water partition coefficient (Wildman–Crippen LogP) is 4.03. The first kappa shape index (κ1) is 15.6. The Morgan fingerprint density at radius 3 is 2.43 bits per heavy atom. The second-order valence-electron chi connectivity index (χ2n) is 6.02. The summed E-state index contributed by atoms with van der Waals surface area (Å²) in [6.07, 6.45) is 0. The van der Waals surface area contributed by atoms with Gasteiger partial charge in [0.05, 0.1) is 6.54 Å². The molecule has 1 aromatic carbocycles. The van der Waals surface area contributed by atoms with Gasteiger partial charge in [-0.05, 0) is 32.0 Å². The molecule has 0 saturated heterocycles. The zero-order valence-electron chi connectivity index (χ0n) is 13.7. The quantitative estimate of drug-likeness (QED) is 0.869. The number of nitrogens with zero attached hydrogens (tertiary/aromatic N) is 1. The Balaban J connectivity index is 2.03. The molecule has 1 heterocycles. The summed E-state index contributed by atoms with van der Waals surface area (Å²) in [7, 11) is 2.11. The summed E-state index contributed by atoms with van der Waals surface area (Å²) in [4.78, 5) is 2.25. The van der Waals surface area contributed by atoms with Crippen LogP contribution >= 0.6 is 0 Å². The number of hydrogen-bond acceptors (Lipinski definition) is 3. The van der Waals surface area contributed by atoms with E-state index in [0.717, 1.165) is 24.6 Å². The summed E-state index contributed by atoms with van der Waals surface area (Å²) in [6, 6.07) is 11.2. The zero-order chi connectivity index (χ0) is 15.4. The van der Waals surface area contributed by atoms with E-state index in [4.69, 9.17) is 4.42 Å². The van der Waals surface area contributed by atoms with Crippen molar-refractivity contribution in [2.45, 2.75) is 46.8 Å². The van der Waals surface area contributed by atoms with E-state index in [2.05, 4.69) is 68.4 Å². The number of hydrogen-bond donors (Lipinski definition) is 1. The maximum Gasteiger partial charge on any atom is 0.118 e. The standard InChI is InChI=1S/C18H26N2O/c1-13(2)19-11-18-10-16(15(4)21-18)12-20(5)17-8-6-14(3)7-9-17/h6-10,13,19H,11-12H2,1-5H3. The number of furan rings is 1. The monoisotopic (exact) mass is 286 g/mol. The molecule has 0 bridgehead atoms. The van der Waals surface area contributed by atoms with E-state index in [-0.39, 0.29) is 0 Å². The van der Waals surface area contributed by atoms with Crippen molar-refractivity contribution >= 4 is 5.69 Å². The minimum atomic E-state index is 0.467. The Hall–Kier alpha value is -1.74. The van der Waals surface area contributed by atoms with Gasteiger partial charge in [0.15, 0.2) is 0 Å². The summed E-state index contributed by atoms with van der Waals surface area (Å²) in [5.41, 5.74) is 3.76. The summed E-state index contributed by atoms with van der Waals surface area (Å²) in [6.45, 7) is 10.1. The van der Waals surface area contributed by atoms with Crippen molar-refractivity contribution < 1.29 is 4.42 Å². The number of rotatable bonds is 6. The first-order valence-corrected chi connectivity index (χ1v) is 7.55. The van der Waals surface area contributed by atoms with E-state index in [9.17, 15) is 0 Å². The van der Waals surface area contributed by atoms with E-state index in [0.29, 0.717) is 6.04 Å². The highest BCUT2D eigenvalue weighted by Gasteiger charge is 2.10. The molecule has 3 heteroatoms. The van der Waals surface area contributed by atoms with Crippen molar-refractivity contribution in [1.82, 2.24) is 5.32 Å². The van der Waals surface area contributed by atoms with Crippen molar-refractivity contribution in [1.29, 1.82) is 0 Å². The first-order valence-electron chi connectivity index (χ1n) is 7.55. The fourth-order valence-corrected chi connectivity index (χ4v) is 2.28. The van der Waals surface area contributed by atoms with E-state index in [1.807, 2.05) is 6.92 Å². The van der Waals surface area contributed by atoms with E-state index >= 15 is 0 Å². The van der Waals surface area contributed by atoms with Gasteiger partial charge < -0.3 is 14.6 Å². The van der Waals surface area contributed by atoms with Crippen molar-refractivity contribution in [3.05, 3.63) is 53.0 Å². The second-order valence-corrected chi connectivity index (χ2v) is 6.02. The molecule has 0 unspecified atom stereocenters. The number of anilines is 1. The van der Waals surface area contributed by atoms with Crippen LogP contribution in [0, 0.1) is 13.8 Å². The second kappa shape index (κ2) is 6.81. The molecule has 114 valence electrons. The van der Waals surface area contributed by atoms with Gasteiger partial charge in [-0.2, -0.15) is 0 Å². The van der Waals surface area contributed by atoms with Crippen molar-refractivity contribution in [2.75, 3.05) is 11.9 Å². The van der Waals surface area contributed by atoms with E-state index < -0.39 is 0 Å². The molecule has 0 aliphatic heterocycles. The number of aryl methyl sites for hydroxylation is 2. The molecule has 1 aromatic heterocycles. The minimum Gasteiger partial charge on any atom is -0.465 e. The Morgan fingerprint density at radius 1 is 1.14 bits per heavy atom. The molecular weight excluding hydrogens is 260 g/mol. The van der Waals surface area contributed by atoms with Crippen molar-refractivity contribution in [3.8, 4) is 0 Å². The molecule has 21 heavy (non-hydrogen) atoms. The van der Waals surface area contributed by atoms with Gasteiger partial charge in [-0.25, -0.2) is 0 Å². The summed E-state index contributed by atoms with van der Waals surface area (Å²) in [5, 5.41) is 3.39. The summed E-state index contributed by atoms with van der Waals surface area (Å²) >= 11 is 0. The van der Waals surface area contributed by atoms with Crippen LogP contribution < -0.4 is 10.2 Å². The largest absolute Gasteiger partial charge is 0.465 e. The molecular formula is C18H26N2O. The van der Waals surface area contributed by atoms with Crippen LogP contribution in [-0.4, -0.2) is 13.1 Å². The molecule has 0 fully saturated rings. The molecule has 0 amide bonds. The predicted molar refractivity (Wildman–Crippen MR) is 88.7 cm³/mol. The average Bonchev–Trinajstić information content (AvgIpc) is 2.78. The fraction of sp³-hybridized carbons (Fsp3) is 0.444. The molecule has 0 aliphatic rings. The van der Waals surface area contributed by atoms with Gasteiger partial charge in [-0.3, -0.25) is 0 Å². The summed E-state index contributed by atoms with van der Waals surface area (Å²) in [5.74, 6) is 2.02. The smallest absolute Gasteiger partial charge is 0.118 e. The van der Waals surface area contributed by atoms with E-state index in [1.54, 1.807) is 0 Å². The molecule has 0 aliphatic carbocycles. The van der Waals surface area contributed by atoms with Gasteiger partial charge in [0.2, 0.25) is 0 Å². The van der Waals surface area contributed by atoms with Gasteiger partial charge in [0.25, 0.3) is 0 Å². The molecule has 2 rings (SSSR count). The molecule has 3 nitrogen and oxygen atoms in total. The van der Waals surface area contributed by atoms with Crippen LogP contribution in [0.15, 0.2) is 34.7 Å². The third-order valence-electron chi connectivity index (χ3n) is 3.64. The molecule has 0 atom stereocenters. The van der Waals surface area contributed by atoms with Crippen LogP contribution in [0.5, 0.6) is 0 Å². The Kier molecular flexibility index (Phi) is 5.07. The lowest BCUT2D eigenvalue weighted by molar-refractivity contribution is 0.446. The normalized spacial score (nSPS) is 11.1. The van der Waals surface area contributed by atoms with Gasteiger partial charge in [0.1, 0.15) is 11.5 Å². The van der Waals surface area contributed by atoms with Crippen LogP contribution in [0.25, 0.3) is 0 Å². The average molecular weight is 286 g/mol. The Labute approximate surface area is 128 Å². The van der Waals surface area contributed by atoms with Crippen LogP contribution in [-0.2, 0) is 13.1 Å². The molecule has 1 N–H and O–H groups in total. The number of benzene rings is 1. The third kappa shape index (κ3) is 4.36. The topological polar surface area (TPSA) is 28.4 Å².